The van der Waals surface area contributed by atoms with Gasteiger partial charge in [-0.15, -0.1) is 0 Å². The van der Waals surface area contributed by atoms with Crippen LogP contribution in [0, 0.1) is 12.8 Å². The number of hydrogen-bond donors (Lipinski definition) is 0. The van der Waals surface area contributed by atoms with Gasteiger partial charge in [-0.3, -0.25) is 0 Å². The summed E-state index contributed by atoms with van der Waals surface area (Å²) >= 11 is 0. The summed E-state index contributed by atoms with van der Waals surface area (Å²) in [6, 6.07) is 0. The van der Waals surface area contributed by atoms with Crippen LogP contribution in [0.3, 0.4) is 0 Å². The summed E-state index contributed by atoms with van der Waals surface area (Å²) in [6.07, 6.45) is 21.3. The van der Waals surface area contributed by atoms with E-state index < -0.39 is 0 Å². The smallest absolute Gasteiger partial charge is 0.0414 e. The van der Waals surface area contributed by atoms with Gasteiger partial charge >= 0.3 is 0 Å². The molecule has 0 spiro atoms. The standard InChI is InChI=1S/C19H39/c1-4-6-7-8-9-10-11-12-13-14-15-16-18-19(3)17-5-2/h19H,3-18H2,1-2H3. The molecule has 0 amide bonds. The van der Waals surface area contributed by atoms with Gasteiger partial charge in [0.25, 0.3) is 0 Å². The molecule has 1 atom stereocenters. The molecule has 1 unspecified atom stereocenters. The molecular formula is C19H39. The summed E-state index contributed by atoms with van der Waals surface area (Å²) in [7, 11) is 0. The third-order valence-corrected chi connectivity index (χ3v) is 4.16. The van der Waals surface area contributed by atoms with Gasteiger partial charge in [0, 0.05) is 0 Å². The predicted octanol–water partition coefficient (Wildman–Crippen LogP) is 7.33. The van der Waals surface area contributed by atoms with Gasteiger partial charge in [0.15, 0.2) is 0 Å². The Balaban J connectivity index is 2.99. The van der Waals surface area contributed by atoms with Crippen molar-refractivity contribution in [1.29, 1.82) is 0 Å². The van der Waals surface area contributed by atoms with Crippen LogP contribution in [0.2, 0.25) is 0 Å². The molecule has 0 aliphatic rings. The van der Waals surface area contributed by atoms with E-state index in [1.807, 2.05) is 0 Å². The fourth-order valence-corrected chi connectivity index (χ4v) is 2.83. The summed E-state index contributed by atoms with van der Waals surface area (Å²) in [5.74, 6) is 0.716. The third kappa shape index (κ3) is 15.9. The largest absolute Gasteiger partial charge is 0.0654 e. The van der Waals surface area contributed by atoms with E-state index in [-0.39, 0.29) is 0 Å². The topological polar surface area (TPSA) is 0 Å². The van der Waals surface area contributed by atoms with Crippen molar-refractivity contribution in [3.05, 3.63) is 6.92 Å². The minimum atomic E-state index is 0.716. The van der Waals surface area contributed by atoms with Crippen LogP contribution in [-0.4, -0.2) is 0 Å². The fourth-order valence-electron chi connectivity index (χ4n) is 2.83. The zero-order valence-electron chi connectivity index (χ0n) is 13.9. The Kier molecular flexibility index (Phi) is 16.1. The van der Waals surface area contributed by atoms with E-state index in [1.54, 1.807) is 0 Å². The molecule has 0 heteroatoms. The second-order valence-corrected chi connectivity index (χ2v) is 6.33. The SMILES string of the molecule is [CH2]C(CCC)CCCCCCCCCCCCCC. The van der Waals surface area contributed by atoms with Crippen molar-refractivity contribution in [3.8, 4) is 0 Å². The first-order chi connectivity index (χ1) is 9.31. The lowest BCUT2D eigenvalue weighted by Crippen LogP contribution is -1.94. The van der Waals surface area contributed by atoms with E-state index in [9.17, 15) is 0 Å². The Morgan fingerprint density at radius 1 is 0.526 bits per heavy atom. The molecule has 115 valence electrons. The Bertz CT molecular complexity index is 150. The van der Waals surface area contributed by atoms with Gasteiger partial charge < -0.3 is 0 Å². The fraction of sp³-hybridized carbons (Fsp3) is 0.947. The zero-order chi connectivity index (χ0) is 14.2. The first kappa shape index (κ1) is 19.0. The summed E-state index contributed by atoms with van der Waals surface area (Å²) in [6.45, 7) is 8.77. The van der Waals surface area contributed by atoms with Crippen molar-refractivity contribution in [3.63, 3.8) is 0 Å². The van der Waals surface area contributed by atoms with Crippen LogP contribution in [0.5, 0.6) is 0 Å². The van der Waals surface area contributed by atoms with Crippen LogP contribution in [-0.2, 0) is 0 Å². The highest BCUT2D eigenvalue weighted by Gasteiger charge is 2.00. The van der Waals surface area contributed by atoms with Crippen molar-refractivity contribution in [2.24, 2.45) is 5.92 Å². The second kappa shape index (κ2) is 16.1. The zero-order valence-corrected chi connectivity index (χ0v) is 13.9. The molecule has 0 bridgehead atoms. The Hall–Kier alpha value is 0. The molecular weight excluding hydrogens is 228 g/mol. The highest BCUT2D eigenvalue weighted by Crippen LogP contribution is 2.16. The Morgan fingerprint density at radius 2 is 0.947 bits per heavy atom. The molecule has 0 nitrogen and oxygen atoms in total. The van der Waals surface area contributed by atoms with Gasteiger partial charge in [-0.25, -0.2) is 0 Å². The van der Waals surface area contributed by atoms with Gasteiger partial charge in [0.1, 0.15) is 0 Å². The summed E-state index contributed by atoms with van der Waals surface area (Å²) < 4.78 is 0. The highest BCUT2D eigenvalue weighted by atomic mass is 14.1. The van der Waals surface area contributed by atoms with Gasteiger partial charge in [0.05, 0.1) is 0 Å². The van der Waals surface area contributed by atoms with E-state index in [1.165, 1.54) is 96.3 Å². The quantitative estimate of drug-likeness (QED) is 0.272. The van der Waals surface area contributed by atoms with Crippen molar-refractivity contribution in [2.75, 3.05) is 0 Å². The second-order valence-electron chi connectivity index (χ2n) is 6.33. The maximum atomic E-state index is 4.22. The average molecular weight is 268 g/mol. The van der Waals surface area contributed by atoms with E-state index in [4.69, 9.17) is 0 Å². The van der Waals surface area contributed by atoms with E-state index in [0.717, 1.165) is 0 Å². The summed E-state index contributed by atoms with van der Waals surface area (Å²) in [5.41, 5.74) is 0. The van der Waals surface area contributed by atoms with Crippen molar-refractivity contribution >= 4 is 0 Å². The van der Waals surface area contributed by atoms with Gasteiger partial charge in [-0.1, -0.05) is 117 Å². The molecule has 0 saturated heterocycles. The molecule has 1 radical (unpaired) electrons. The first-order valence-corrected chi connectivity index (χ1v) is 9.14. The first-order valence-electron chi connectivity index (χ1n) is 9.14. The lowest BCUT2D eigenvalue weighted by molar-refractivity contribution is 0.482. The number of rotatable bonds is 15. The maximum Gasteiger partial charge on any atom is -0.0414 e. The molecule has 0 N–H and O–H groups in total. The van der Waals surface area contributed by atoms with Crippen LogP contribution >= 0.6 is 0 Å². The molecule has 0 fully saturated rings. The Morgan fingerprint density at radius 3 is 1.37 bits per heavy atom. The molecule has 0 rings (SSSR count). The lowest BCUT2D eigenvalue weighted by atomic mass is 9.98. The van der Waals surface area contributed by atoms with Crippen LogP contribution in [0.4, 0.5) is 0 Å². The average Bonchev–Trinajstić information content (AvgIpc) is 2.40. The summed E-state index contributed by atoms with van der Waals surface area (Å²) in [4.78, 5) is 0. The predicted molar refractivity (Wildman–Crippen MR) is 89.5 cm³/mol. The van der Waals surface area contributed by atoms with Gasteiger partial charge in [-0.2, -0.15) is 0 Å². The molecule has 0 aromatic heterocycles. The molecule has 0 aliphatic carbocycles. The molecule has 0 saturated carbocycles. The monoisotopic (exact) mass is 267 g/mol. The minimum absolute atomic E-state index is 0.716. The van der Waals surface area contributed by atoms with E-state index >= 15 is 0 Å². The lowest BCUT2D eigenvalue weighted by Gasteiger charge is -2.08. The molecule has 0 aliphatic heterocycles. The Labute approximate surface area is 123 Å². The molecule has 19 heavy (non-hydrogen) atoms. The van der Waals surface area contributed by atoms with Gasteiger partial charge in [0.2, 0.25) is 0 Å². The third-order valence-electron chi connectivity index (χ3n) is 4.16. The van der Waals surface area contributed by atoms with E-state index in [0.29, 0.717) is 5.92 Å². The molecule has 0 aromatic carbocycles. The molecule has 0 aromatic rings. The van der Waals surface area contributed by atoms with Crippen LogP contribution in [0.1, 0.15) is 110 Å². The van der Waals surface area contributed by atoms with Crippen molar-refractivity contribution in [1.82, 2.24) is 0 Å². The van der Waals surface area contributed by atoms with Crippen LogP contribution in [0.25, 0.3) is 0 Å². The van der Waals surface area contributed by atoms with Crippen LogP contribution in [0.15, 0.2) is 0 Å². The van der Waals surface area contributed by atoms with Crippen LogP contribution < -0.4 is 0 Å². The minimum Gasteiger partial charge on any atom is -0.0654 e. The molecule has 0 heterocycles. The number of hydrogen-bond acceptors (Lipinski definition) is 0. The van der Waals surface area contributed by atoms with E-state index in [2.05, 4.69) is 20.8 Å². The summed E-state index contributed by atoms with van der Waals surface area (Å²) in [5, 5.41) is 0. The number of unbranched alkanes of at least 4 members (excludes halogenated alkanes) is 11. The van der Waals surface area contributed by atoms with Crippen molar-refractivity contribution < 1.29 is 0 Å². The van der Waals surface area contributed by atoms with Gasteiger partial charge in [-0.05, 0) is 5.92 Å². The maximum absolute atomic E-state index is 4.22. The van der Waals surface area contributed by atoms with Crippen molar-refractivity contribution in [2.45, 2.75) is 110 Å². The normalized spacial score (nSPS) is 12.8. The highest BCUT2D eigenvalue weighted by molar-refractivity contribution is 4.60.